The minimum atomic E-state index is 0.0664. The largest absolute Gasteiger partial charge is 0.337 e. The van der Waals surface area contributed by atoms with E-state index in [1.54, 1.807) is 0 Å². The van der Waals surface area contributed by atoms with Gasteiger partial charge in [0.15, 0.2) is 5.75 Å². The molecule has 1 rings (SSSR count). The number of hydrogen-bond donors (Lipinski definition) is 0. The predicted molar refractivity (Wildman–Crippen MR) is 62.0 cm³/mol. The van der Waals surface area contributed by atoms with E-state index < -0.39 is 0 Å². The lowest BCUT2D eigenvalue weighted by Gasteiger charge is -2.22. The summed E-state index contributed by atoms with van der Waals surface area (Å²) >= 11 is 0. The van der Waals surface area contributed by atoms with Crippen molar-refractivity contribution in [3.63, 3.8) is 0 Å². The molecule has 0 aliphatic heterocycles. The summed E-state index contributed by atoms with van der Waals surface area (Å²) in [6, 6.07) is 7.97. The third kappa shape index (κ3) is 3.56. The quantitative estimate of drug-likeness (QED) is 0.557. The molecule has 0 fully saturated rings. The summed E-state index contributed by atoms with van der Waals surface area (Å²) in [4.78, 5) is 10.5. The highest BCUT2D eigenvalue weighted by Gasteiger charge is 2.19. The van der Waals surface area contributed by atoms with Crippen molar-refractivity contribution in [2.24, 2.45) is 0 Å². The molecular formula is C13H20O2. The molecule has 0 bridgehead atoms. The van der Waals surface area contributed by atoms with E-state index in [-0.39, 0.29) is 11.5 Å². The van der Waals surface area contributed by atoms with Gasteiger partial charge in [0.05, 0.1) is 6.10 Å². The third-order valence-electron chi connectivity index (χ3n) is 2.03. The van der Waals surface area contributed by atoms with Crippen LogP contribution in [-0.2, 0) is 10.3 Å². The molecule has 0 saturated heterocycles. The molecule has 0 atom stereocenters. The Labute approximate surface area is 92.1 Å². The van der Waals surface area contributed by atoms with E-state index in [1.165, 1.54) is 0 Å². The Morgan fingerprint density at radius 3 is 2.20 bits per heavy atom. The van der Waals surface area contributed by atoms with Gasteiger partial charge in [0.25, 0.3) is 0 Å². The van der Waals surface area contributed by atoms with Crippen molar-refractivity contribution in [2.45, 2.75) is 46.1 Å². The smallest absolute Gasteiger partial charge is 0.169 e. The van der Waals surface area contributed by atoms with E-state index in [9.17, 15) is 0 Å². The Morgan fingerprint density at radius 1 is 1.07 bits per heavy atom. The van der Waals surface area contributed by atoms with E-state index in [4.69, 9.17) is 9.78 Å². The molecular weight excluding hydrogens is 188 g/mol. The van der Waals surface area contributed by atoms with Gasteiger partial charge >= 0.3 is 0 Å². The van der Waals surface area contributed by atoms with Crippen molar-refractivity contribution in [3.8, 4) is 5.75 Å². The van der Waals surface area contributed by atoms with Gasteiger partial charge in [-0.25, -0.2) is 0 Å². The van der Waals surface area contributed by atoms with Gasteiger partial charge < -0.3 is 4.89 Å². The van der Waals surface area contributed by atoms with Crippen LogP contribution in [0.1, 0.15) is 40.2 Å². The maximum Gasteiger partial charge on any atom is 0.169 e. The van der Waals surface area contributed by atoms with Crippen LogP contribution in [0.25, 0.3) is 0 Å². The fourth-order valence-corrected chi connectivity index (χ4v) is 1.31. The minimum Gasteiger partial charge on any atom is -0.337 e. The minimum absolute atomic E-state index is 0.0664. The fourth-order valence-electron chi connectivity index (χ4n) is 1.31. The van der Waals surface area contributed by atoms with E-state index >= 15 is 0 Å². The zero-order valence-electron chi connectivity index (χ0n) is 10.2. The molecule has 0 unspecified atom stereocenters. The van der Waals surface area contributed by atoms with Crippen molar-refractivity contribution in [2.75, 3.05) is 0 Å². The summed E-state index contributed by atoms with van der Waals surface area (Å²) in [6.07, 6.45) is 0.0676. The van der Waals surface area contributed by atoms with E-state index in [1.807, 2.05) is 32.0 Å². The maximum atomic E-state index is 5.33. The lowest BCUT2D eigenvalue weighted by atomic mass is 9.86. The Morgan fingerprint density at radius 2 is 1.67 bits per heavy atom. The van der Waals surface area contributed by atoms with E-state index in [0.717, 1.165) is 11.3 Å². The number of rotatable bonds is 3. The highest BCUT2D eigenvalue weighted by molar-refractivity contribution is 5.37. The van der Waals surface area contributed by atoms with Crippen LogP contribution >= 0.6 is 0 Å². The lowest BCUT2D eigenvalue weighted by molar-refractivity contribution is -0.235. The first-order chi connectivity index (χ1) is 6.91. The predicted octanol–water partition coefficient (Wildman–Crippen LogP) is 3.70. The Kier molecular flexibility index (Phi) is 3.75. The molecule has 0 saturated carbocycles. The van der Waals surface area contributed by atoms with Crippen molar-refractivity contribution in [3.05, 3.63) is 29.8 Å². The molecule has 0 aliphatic rings. The highest BCUT2D eigenvalue weighted by Crippen LogP contribution is 2.31. The molecule has 0 aromatic heterocycles. The zero-order valence-corrected chi connectivity index (χ0v) is 10.2. The Bertz CT molecular complexity index is 311. The van der Waals surface area contributed by atoms with Crippen molar-refractivity contribution in [1.82, 2.24) is 0 Å². The van der Waals surface area contributed by atoms with Crippen molar-refractivity contribution in [1.29, 1.82) is 0 Å². The first kappa shape index (κ1) is 12.1. The van der Waals surface area contributed by atoms with Gasteiger partial charge in [-0.15, -0.1) is 0 Å². The van der Waals surface area contributed by atoms with Crippen LogP contribution in [0.4, 0.5) is 0 Å². The van der Waals surface area contributed by atoms with E-state index in [0.29, 0.717) is 0 Å². The van der Waals surface area contributed by atoms with Crippen molar-refractivity contribution >= 4 is 0 Å². The second-order valence-electron chi connectivity index (χ2n) is 4.97. The molecule has 15 heavy (non-hydrogen) atoms. The van der Waals surface area contributed by atoms with Gasteiger partial charge in [0, 0.05) is 5.56 Å². The summed E-state index contributed by atoms with van der Waals surface area (Å²) < 4.78 is 0. The zero-order chi connectivity index (χ0) is 11.5. The molecule has 0 aliphatic carbocycles. The third-order valence-corrected chi connectivity index (χ3v) is 2.03. The van der Waals surface area contributed by atoms with Gasteiger partial charge in [0.2, 0.25) is 0 Å². The van der Waals surface area contributed by atoms with Crippen LogP contribution in [0.2, 0.25) is 0 Å². The van der Waals surface area contributed by atoms with Crippen LogP contribution in [0.3, 0.4) is 0 Å². The van der Waals surface area contributed by atoms with Gasteiger partial charge in [-0.1, -0.05) is 39.0 Å². The summed E-state index contributed by atoms with van der Waals surface area (Å²) in [5, 5.41) is 0. The fraction of sp³-hybridized carbons (Fsp3) is 0.538. The first-order valence-electron chi connectivity index (χ1n) is 5.34. The molecule has 2 nitrogen and oxygen atoms in total. The van der Waals surface area contributed by atoms with Crippen LogP contribution in [-0.4, -0.2) is 6.10 Å². The molecule has 0 N–H and O–H groups in total. The number of benzene rings is 1. The molecule has 0 spiro atoms. The second kappa shape index (κ2) is 4.67. The van der Waals surface area contributed by atoms with Crippen LogP contribution < -0.4 is 4.89 Å². The number of para-hydroxylation sites is 1. The lowest BCUT2D eigenvalue weighted by Crippen LogP contribution is -2.15. The van der Waals surface area contributed by atoms with Crippen LogP contribution in [0.5, 0.6) is 5.75 Å². The first-order valence-corrected chi connectivity index (χ1v) is 5.34. The molecule has 0 radical (unpaired) electrons. The standard InChI is InChI=1S/C13H20O2/c1-10(2)14-15-12-9-7-6-8-11(12)13(3,4)5/h6-10H,1-5H3. The van der Waals surface area contributed by atoms with Gasteiger partial charge in [-0.3, -0.25) is 0 Å². The summed E-state index contributed by atoms with van der Waals surface area (Å²) in [6.45, 7) is 10.4. The Balaban J connectivity index is 2.87. The van der Waals surface area contributed by atoms with Crippen molar-refractivity contribution < 1.29 is 9.78 Å². The molecule has 1 aromatic carbocycles. The van der Waals surface area contributed by atoms with Crippen LogP contribution in [0.15, 0.2) is 24.3 Å². The molecule has 0 heterocycles. The highest BCUT2D eigenvalue weighted by atomic mass is 17.2. The molecule has 84 valence electrons. The monoisotopic (exact) mass is 208 g/mol. The van der Waals surface area contributed by atoms with E-state index in [2.05, 4.69) is 26.8 Å². The Hall–Kier alpha value is -1.02. The van der Waals surface area contributed by atoms with Crippen LogP contribution in [0, 0.1) is 0 Å². The summed E-state index contributed by atoms with van der Waals surface area (Å²) in [7, 11) is 0. The molecule has 1 aromatic rings. The SMILES string of the molecule is CC(C)OOc1ccccc1C(C)(C)C. The average molecular weight is 208 g/mol. The summed E-state index contributed by atoms with van der Waals surface area (Å²) in [5.74, 6) is 0.804. The maximum absolute atomic E-state index is 5.33. The number of hydrogen-bond acceptors (Lipinski definition) is 2. The van der Waals surface area contributed by atoms with Gasteiger partial charge in [-0.2, -0.15) is 4.89 Å². The summed E-state index contributed by atoms with van der Waals surface area (Å²) in [5.41, 5.74) is 1.22. The average Bonchev–Trinajstić information content (AvgIpc) is 2.13. The topological polar surface area (TPSA) is 18.5 Å². The van der Waals surface area contributed by atoms with Gasteiger partial charge in [-0.05, 0) is 25.3 Å². The van der Waals surface area contributed by atoms with Gasteiger partial charge in [0.1, 0.15) is 0 Å². The molecule has 2 heteroatoms. The molecule has 0 amide bonds. The second-order valence-corrected chi connectivity index (χ2v) is 4.97. The normalized spacial score (nSPS) is 11.9.